The molecule has 1 aromatic rings. The second-order valence-corrected chi connectivity index (χ2v) is 11.9. The summed E-state index contributed by atoms with van der Waals surface area (Å²) in [6.07, 6.45) is 1.63. The van der Waals surface area contributed by atoms with Crippen LogP contribution in [0.25, 0.3) is 0 Å². The van der Waals surface area contributed by atoms with E-state index >= 15 is 0 Å². The lowest BCUT2D eigenvalue weighted by molar-refractivity contribution is -0.138. The van der Waals surface area contributed by atoms with Crippen molar-refractivity contribution in [3.05, 3.63) is 29.8 Å². The van der Waals surface area contributed by atoms with Gasteiger partial charge in [0.05, 0.1) is 11.0 Å². The monoisotopic (exact) mass is 493 g/mol. The molecular formula is C25H39N3O5S. The first-order chi connectivity index (χ1) is 16.0. The molecule has 0 aromatic heterocycles. The van der Waals surface area contributed by atoms with Crippen molar-refractivity contribution in [2.45, 2.75) is 76.5 Å². The zero-order valence-corrected chi connectivity index (χ0v) is 21.6. The van der Waals surface area contributed by atoms with Gasteiger partial charge in [-0.1, -0.05) is 12.1 Å². The summed E-state index contributed by atoms with van der Waals surface area (Å²) in [5.41, 5.74) is 0.453. The maximum atomic E-state index is 13.4. The number of Topliss-reactive ketones (excluding diaryl/α,β-unsaturated/α-hetero) is 1. The molecule has 1 N–H and O–H groups in total. The van der Waals surface area contributed by atoms with Crippen molar-refractivity contribution in [1.29, 1.82) is 0 Å². The predicted octanol–water partition coefficient (Wildman–Crippen LogP) is 2.37. The van der Waals surface area contributed by atoms with Crippen LogP contribution in [0.2, 0.25) is 0 Å². The van der Waals surface area contributed by atoms with Gasteiger partial charge in [-0.3, -0.25) is 14.5 Å². The fourth-order valence-corrected chi connectivity index (χ4v) is 6.79. The fraction of sp³-hybridized carbons (Fsp3) is 0.680. The van der Waals surface area contributed by atoms with E-state index in [4.69, 9.17) is 0 Å². The summed E-state index contributed by atoms with van der Waals surface area (Å²) in [7, 11) is -3.85. The number of rotatable bonds is 8. The Hall–Kier alpha value is -1.81. The first-order valence-electron chi connectivity index (χ1n) is 12.3. The van der Waals surface area contributed by atoms with Crippen molar-refractivity contribution >= 4 is 21.7 Å². The predicted molar refractivity (Wildman–Crippen MR) is 131 cm³/mol. The standard InChI is InChI=1S/C25H39N3O5S/c1-18(2)26-13-15-27(16-14-26)25(31)22-5-9-23(10-6-22)28(17-19(3)29)34(32,33)24-11-7-21(8-12-24)20(4)30/h7-8,11-12,18-19,22-23,29H,5-6,9-10,13-17H2,1-4H3. The van der Waals surface area contributed by atoms with E-state index in [0.29, 0.717) is 37.3 Å². The Morgan fingerprint density at radius 2 is 1.56 bits per heavy atom. The number of carbonyl (C=O) groups excluding carboxylic acids is 2. The van der Waals surface area contributed by atoms with E-state index in [0.717, 1.165) is 26.2 Å². The Kier molecular flexibility index (Phi) is 8.89. The molecule has 190 valence electrons. The number of hydrogen-bond donors (Lipinski definition) is 1. The molecule has 34 heavy (non-hydrogen) atoms. The van der Waals surface area contributed by atoms with Crippen molar-refractivity contribution in [1.82, 2.24) is 14.1 Å². The van der Waals surface area contributed by atoms with Gasteiger partial charge in [0.2, 0.25) is 15.9 Å². The number of aliphatic hydroxyl groups excluding tert-OH is 1. The fourth-order valence-electron chi connectivity index (χ4n) is 5.03. The number of carbonyl (C=O) groups is 2. The molecule has 3 rings (SSSR count). The molecule has 2 aliphatic rings. The Balaban J connectivity index is 1.66. The number of nitrogens with zero attached hydrogens (tertiary/aromatic N) is 3. The Labute approximate surface area is 204 Å². The molecule has 8 nitrogen and oxygen atoms in total. The quantitative estimate of drug-likeness (QED) is 0.559. The Morgan fingerprint density at radius 1 is 1.00 bits per heavy atom. The second kappa shape index (κ2) is 11.3. The van der Waals surface area contributed by atoms with Crippen LogP contribution in [0.5, 0.6) is 0 Å². The summed E-state index contributed by atoms with van der Waals surface area (Å²) in [4.78, 5) is 29.1. The average molecular weight is 494 g/mol. The summed E-state index contributed by atoms with van der Waals surface area (Å²) in [6, 6.07) is 6.15. The van der Waals surface area contributed by atoms with Crippen molar-refractivity contribution in [3.63, 3.8) is 0 Å². The third-order valence-electron chi connectivity index (χ3n) is 7.12. The largest absolute Gasteiger partial charge is 0.392 e. The van der Waals surface area contributed by atoms with Crippen molar-refractivity contribution in [2.75, 3.05) is 32.7 Å². The van der Waals surface area contributed by atoms with E-state index < -0.39 is 16.1 Å². The van der Waals surface area contributed by atoms with Gasteiger partial charge in [-0.15, -0.1) is 0 Å². The molecule has 0 radical (unpaired) electrons. The molecule has 0 bridgehead atoms. The highest BCUT2D eigenvalue weighted by Crippen LogP contribution is 2.32. The van der Waals surface area contributed by atoms with E-state index in [2.05, 4.69) is 18.7 Å². The molecular weight excluding hydrogens is 454 g/mol. The maximum Gasteiger partial charge on any atom is 0.243 e. The van der Waals surface area contributed by atoms with Gasteiger partial charge < -0.3 is 10.0 Å². The van der Waals surface area contributed by atoms with E-state index in [1.165, 1.54) is 35.5 Å². The van der Waals surface area contributed by atoms with Crippen LogP contribution in [0.1, 0.15) is 63.7 Å². The molecule has 1 atom stereocenters. The number of aliphatic hydroxyl groups is 1. The van der Waals surface area contributed by atoms with Gasteiger partial charge >= 0.3 is 0 Å². The lowest BCUT2D eigenvalue weighted by Crippen LogP contribution is -2.53. The van der Waals surface area contributed by atoms with Gasteiger partial charge in [0.25, 0.3) is 0 Å². The molecule has 2 fully saturated rings. The lowest BCUT2D eigenvalue weighted by atomic mass is 9.85. The molecule has 1 saturated carbocycles. The minimum Gasteiger partial charge on any atom is -0.392 e. The third kappa shape index (κ3) is 6.24. The number of piperazine rings is 1. The van der Waals surface area contributed by atoms with Crippen LogP contribution in [-0.4, -0.2) is 90.2 Å². The highest BCUT2D eigenvalue weighted by Gasteiger charge is 2.38. The van der Waals surface area contributed by atoms with Gasteiger partial charge in [0.1, 0.15) is 0 Å². The molecule has 1 unspecified atom stereocenters. The first kappa shape index (κ1) is 26.8. The molecule has 1 amide bonds. The van der Waals surface area contributed by atoms with Crippen molar-refractivity contribution in [3.8, 4) is 0 Å². The molecule has 1 aliphatic carbocycles. The van der Waals surface area contributed by atoms with Crippen LogP contribution in [-0.2, 0) is 14.8 Å². The molecule has 9 heteroatoms. The first-order valence-corrected chi connectivity index (χ1v) is 13.8. The highest BCUT2D eigenvalue weighted by molar-refractivity contribution is 7.89. The molecule has 1 heterocycles. The lowest BCUT2D eigenvalue weighted by Gasteiger charge is -2.40. The zero-order valence-electron chi connectivity index (χ0n) is 20.8. The minimum atomic E-state index is -3.85. The summed E-state index contributed by atoms with van der Waals surface area (Å²) in [6.45, 7) is 10.6. The van der Waals surface area contributed by atoms with E-state index in [9.17, 15) is 23.1 Å². The van der Waals surface area contributed by atoms with Gasteiger partial charge in [-0.25, -0.2) is 8.42 Å². The Morgan fingerprint density at radius 3 is 2.03 bits per heavy atom. The van der Waals surface area contributed by atoms with Crippen LogP contribution < -0.4 is 0 Å². The molecule has 1 aliphatic heterocycles. The molecule has 1 saturated heterocycles. The second-order valence-electron chi connectivity index (χ2n) is 9.96. The van der Waals surface area contributed by atoms with Gasteiger partial charge in [0, 0.05) is 56.3 Å². The number of benzene rings is 1. The number of sulfonamides is 1. The number of ketones is 1. The maximum absolute atomic E-state index is 13.4. The van der Waals surface area contributed by atoms with Crippen LogP contribution in [0, 0.1) is 5.92 Å². The van der Waals surface area contributed by atoms with E-state index in [1.54, 1.807) is 6.92 Å². The smallest absolute Gasteiger partial charge is 0.243 e. The molecule has 0 spiro atoms. The minimum absolute atomic E-state index is 0.00274. The SMILES string of the molecule is CC(=O)c1ccc(S(=O)(=O)N(CC(C)O)C2CCC(C(=O)N3CCN(C(C)C)CC3)CC2)cc1. The van der Waals surface area contributed by atoms with Crippen LogP contribution in [0.3, 0.4) is 0 Å². The van der Waals surface area contributed by atoms with Crippen molar-refractivity contribution < 1.29 is 23.1 Å². The Bertz CT molecular complexity index is 945. The van der Waals surface area contributed by atoms with E-state index in [-0.39, 0.29) is 35.1 Å². The average Bonchev–Trinajstić information content (AvgIpc) is 2.82. The van der Waals surface area contributed by atoms with Crippen LogP contribution in [0.15, 0.2) is 29.2 Å². The zero-order chi connectivity index (χ0) is 25.0. The normalized spacial score (nSPS) is 23.3. The summed E-state index contributed by atoms with van der Waals surface area (Å²) >= 11 is 0. The topological polar surface area (TPSA) is 98.2 Å². The number of amides is 1. The highest BCUT2D eigenvalue weighted by atomic mass is 32.2. The van der Waals surface area contributed by atoms with Gasteiger partial charge in [-0.05, 0) is 65.5 Å². The van der Waals surface area contributed by atoms with Gasteiger partial charge in [0.15, 0.2) is 5.78 Å². The summed E-state index contributed by atoms with van der Waals surface area (Å²) < 4.78 is 28.3. The molecule has 1 aromatic carbocycles. The van der Waals surface area contributed by atoms with Crippen LogP contribution in [0.4, 0.5) is 0 Å². The summed E-state index contributed by atoms with van der Waals surface area (Å²) in [5, 5.41) is 10.0. The third-order valence-corrected chi connectivity index (χ3v) is 9.05. The van der Waals surface area contributed by atoms with Crippen molar-refractivity contribution in [2.24, 2.45) is 5.92 Å². The number of hydrogen-bond acceptors (Lipinski definition) is 6. The van der Waals surface area contributed by atoms with Crippen LogP contribution >= 0.6 is 0 Å². The summed E-state index contributed by atoms with van der Waals surface area (Å²) in [5.74, 6) is -0.0159. The van der Waals surface area contributed by atoms with E-state index in [1.807, 2.05) is 4.90 Å². The van der Waals surface area contributed by atoms with Gasteiger partial charge in [-0.2, -0.15) is 4.31 Å².